The zero-order valence-corrected chi connectivity index (χ0v) is 9.47. The molecule has 0 aliphatic carbocycles. The summed E-state index contributed by atoms with van der Waals surface area (Å²) in [5, 5.41) is 9.19. The lowest BCUT2D eigenvalue weighted by molar-refractivity contribution is -0.143. The van der Waals surface area contributed by atoms with E-state index >= 15 is 0 Å². The van der Waals surface area contributed by atoms with Crippen molar-refractivity contribution in [1.29, 1.82) is 0 Å². The van der Waals surface area contributed by atoms with Gasteiger partial charge in [-0.3, -0.25) is 9.69 Å². The molecule has 0 amide bonds. The molecule has 1 saturated heterocycles. The Kier molecular flexibility index (Phi) is 3.25. The first-order valence-corrected chi connectivity index (χ1v) is 5.69. The average molecular weight is 219 g/mol. The molecule has 0 spiro atoms. The minimum Gasteiger partial charge on any atom is -0.480 e. The molecule has 3 heteroatoms. The normalized spacial score (nSPS) is 25.8. The van der Waals surface area contributed by atoms with Crippen LogP contribution in [0.1, 0.15) is 18.9 Å². The number of carbonyl (C=O) groups is 1. The van der Waals surface area contributed by atoms with Gasteiger partial charge in [-0.25, -0.2) is 0 Å². The molecule has 0 saturated carbocycles. The van der Waals surface area contributed by atoms with Crippen LogP contribution >= 0.6 is 0 Å². The highest BCUT2D eigenvalue weighted by Gasteiger charge is 2.36. The summed E-state index contributed by atoms with van der Waals surface area (Å²) in [6, 6.07) is 9.73. The molecule has 2 rings (SSSR count). The topological polar surface area (TPSA) is 40.5 Å². The zero-order valence-electron chi connectivity index (χ0n) is 9.47. The minimum atomic E-state index is -0.694. The molecule has 1 fully saturated rings. The largest absolute Gasteiger partial charge is 0.480 e. The highest BCUT2D eigenvalue weighted by Crippen LogP contribution is 2.25. The van der Waals surface area contributed by atoms with Gasteiger partial charge in [-0.2, -0.15) is 0 Å². The number of hydrogen-bond donors (Lipinski definition) is 1. The van der Waals surface area contributed by atoms with Gasteiger partial charge in [0.25, 0.3) is 0 Å². The Balaban J connectivity index is 2.07. The monoisotopic (exact) mass is 219 g/mol. The van der Waals surface area contributed by atoms with Gasteiger partial charge in [0.05, 0.1) is 0 Å². The molecule has 1 N–H and O–H groups in total. The van der Waals surface area contributed by atoms with Crippen LogP contribution in [0, 0.1) is 5.92 Å². The van der Waals surface area contributed by atoms with E-state index in [1.54, 1.807) is 0 Å². The number of benzene rings is 1. The van der Waals surface area contributed by atoms with Gasteiger partial charge in [0.1, 0.15) is 6.04 Å². The highest BCUT2D eigenvalue weighted by atomic mass is 16.4. The fourth-order valence-electron chi connectivity index (χ4n) is 2.42. The van der Waals surface area contributed by atoms with E-state index in [1.165, 1.54) is 5.56 Å². The minimum absolute atomic E-state index is 0.251. The molecule has 3 nitrogen and oxygen atoms in total. The van der Waals surface area contributed by atoms with Gasteiger partial charge in [-0.05, 0) is 24.4 Å². The number of rotatable bonds is 3. The fourth-order valence-corrected chi connectivity index (χ4v) is 2.42. The van der Waals surface area contributed by atoms with Crippen molar-refractivity contribution in [3.05, 3.63) is 35.9 Å². The summed E-state index contributed by atoms with van der Waals surface area (Å²) in [6.45, 7) is 3.64. The van der Waals surface area contributed by atoms with Crippen LogP contribution in [-0.2, 0) is 11.3 Å². The maximum Gasteiger partial charge on any atom is 0.321 e. The van der Waals surface area contributed by atoms with Gasteiger partial charge in [0.2, 0.25) is 0 Å². The molecule has 0 bridgehead atoms. The molecule has 86 valence electrons. The molecule has 0 radical (unpaired) electrons. The van der Waals surface area contributed by atoms with Crippen molar-refractivity contribution in [3.8, 4) is 0 Å². The lowest BCUT2D eigenvalue weighted by atomic mass is 10.0. The van der Waals surface area contributed by atoms with E-state index in [0.717, 1.165) is 19.5 Å². The summed E-state index contributed by atoms with van der Waals surface area (Å²) in [4.78, 5) is 13.2. The van der Waals surface area contributed by atoms with E-state index in [0.29, 0.717) is 0 Å². The maximum atomic E-state index is 11.2. The van der Waals surface area contributed by atoms with E-state index in [-0.39, 0.29) is 12.0 Å². The van der Waals surface area contributed by atoms with Gasteiger partial charge in [-0.1, -0.05) is 37.3 Å². The van der Waals surface area contributed by atoms with Gasteiger partial charge < -0.3 is 5.11 Å². The smallest absolute Gasteiger partial charge is 0.321 e. The molecular formula is C13H17NO2. The van der Waals surface area contributed by atoms with Crippen LogP contribution in [-0.4, -0.2) is 28.6 Å². The number of hydrogen-bond acceptors (Lipinski definition) is 2. The van der Waals surface area contributed by atoms with E-state index < -0.39 is 5.97 Å². The Labute approximate surface area is 95.7 Å². The fraction of sp³-hybridized carbons (Fsp3) is 0.462. The van der Waals surface area contributed by atoms with Crippen molar-refractivity contribution in [2.24, 2.45) is 5.92 Å². The Morgan fingerprint density at radius 2 is 2.12 bits per heavy atom. The molecule has 1 aromatic carbocycles. The summed E-state index contributed by atoms with van der Waals surface area (Å²) >= 11 is 0. The summed E-state index contributed by atoms with van der Waals surface area (Å²) in [7, 11) is 0. The number of carboxylic acids is 1. The summed E-state index contributed by atoms with van der Waals surface area (Å²) in [6.07, 6.45) is 0.976. The molecule has 1 aliphatic heterocycles. The van der Waals surface area contributed by atoms with Crippen LogP contribution in [0.2, 0.25) is 0 Å². The standard InChI is InChI=1S/C13H17NO2/c1-10-7-8-14(12(10)13(15)16)9-11-5-3-2-4-6-11/h2-6,10,12H,7-9H2,1H3,(H,15,16). The van der Waals surface area contributed by atoms with Gasteiger partial charge in [0.15, 0.2) is 0 Å². The molecule has 0 aromatic heterocycles. The van der Waals surface area contributed by atoms with Crippen molar-refractivity contribution < 1.29 is 9.90 Å². The van der Waals surface area contributed by atoms with Crippen molar-refractivity contribution in [1.82, 2.24) is 4.90 Å². The molecular weight excluding hydrogens is 202 g/mol. The third kappa shape index (κ3) is 2.25. The van der Waals surface area contributed by atoms with Gasteiger partial charge in [0, 0.05) is 6.54 Å². The molecule has 1 heterocycles. The Morgan fingerprint density at radius 3 is 2.75 bits per heavy atom. The number of aliphatic carboxylic acids is 1. The van der Waals surface area contributed by atoms with Crippen LogP contribution in [0.3, 0.4) is 0 Å². The first-order valence-electron chi connectivity index (χ1n) is 5.69. The summed E-state index contributed by atoms with van der Waals surface area (Å²) in [5.74, 6) is -0.442. The molecule has 1 aliphatic rings. The van der Waals surface area contributed by atoms with E-state index in [2.05, 4.69) is 4.90 Å². The third-order valence-corrected chi connectivity index (χ3v) is 3.29. The van der Waals surface area contributed by atoms with E-state index in [4.69, 9.17) is 0 Å². The van der Waals surface area contributed by atoms with Crippen LogP contribution in [0.15, 0.2) is 30.3 Å². The van der Waals surface area contributed by atoms with Crippen LogP contribution < -0.4 is 0 Å². The summed E-state index contributed by atoms with van der Waals surface area (Å²) < 4.78 is 0. The lowest BCUT2D eigenvalue weighted by Crippen LogP contribution is -2.38. The number of likely N-dealkylation sites (tertiary alicyclic amines) is 1. The second kappa shape index (κ2) is 4.66. The quantitative estimate of drug-likeness (QED) is 0.845. The first kappa shape index (κ1) is 11.1. The van der Waals surface area contributed by atoms with Crippen LogP contribution in [0.5, 0.6) is 0 Å². The Hall–Kier alpha value is -1.35. The zero-order chi connectivity index (χ0) is 11.5. The van der Waals surface area contributed by atoms with Gasteiger partial charge >= 0.3 is 5.97 Å². The molecule has 1 aromatic rings. The SMILES string of the molecule is CC1CCN(Cc2ccccc2)C1C(=O)O. The Bertz CT molecular complexity index is 363. The van der Waals surface area contributed by atoms with Crippen molar-refractivity contribution in [2.75, 3.05) is 6.54 Å². The van der Waals surface area contributed by atoms with Crippen LogP contribution in [0.25, 0.3) is 0 Å². The highest BCUT2D eigenvalue weighted by molar-refractivity contribution is 5.74. The molecule has 16 heavy (non-hydrogen) atoms. The summed E-state index contributed by atoms with van der Waals surface area (Å²) in [5.41, 5.74) is 1.18. The first-order chi connectivity index (χ1) is 7.68. The molecule has 2 unspecified atom stereocenters. The van der Waals surface area contributed by atoms with Crippen molar-refractivity contribution >= 4 is 5.97 Å². The molecule has 2 atom stereocenters. The van der Waals surface area contributed by atoms with Crippen molar-refractivity contribution in [2.45, 2.75) is 25.9 Å². The van der Waals surface area contributed by atoms with Crippen molar-refractivity contribution in [3.63, 3.8) is 0 Å². The second-order valence-electron chi connectivity index (χ2n) is 4.51. The van der Waals surface area contributed by atoms with Crippen LogP contribution in [0.4, 0.5) is 0 Å². The lowest BCUT2D eigenvalue weighted by Gasteiger charge is -2.23. The number of nitrogens with zero attached hydrogens (tertiary/aromatic N) is 1. The Morgan fingerprint density at radius 1 is 1.44 bits per heavy atom. The maximum absolute atomic E-state index is 11.2. The van der Waals surface area contributed by atoms with Gasteiger partial charge in [-0.15, -0.1) is 0 Å². The number of carboxylic acid groups (broad SMARTS) is 1. The second-order valence-corrected chi connectivity index (χ2v) is 4.51. The predicted molar refractivity (Wildman–Crippen MR) is 62.1 cm³/mol. The van der Waals surface area contributed by atoms with E-state index in [1.807, 2.05) is 37.3 Å². The average Bonchev–Trinajstić information content (AvgIpc) is 2.61. The predicted octanol–water partition coefficient (Wildman–Crippen LogP) is 1.98. The third-order valence-electron chi connectivity index (χ3n) is 3.29. The van der Waals surface area contributed by atoms with E-state index in [9.17, 15) is 9.90 Å².